The van der Waals surface area contributed by atoms with Crippen molar-refractivity contribution >= 4 is 28.2 Å². The minimum absolute atomic E-state index is 0.116. The van der Waals surface area contributed by atoms with E-state index < -0.39 is 6.10 Å². The maximum absolute atomic E-state index is 12.4. The Morgan fingerprint density at radius 3 is 2.88 bits per heavy atom. The van der Waals surface area contributed by atoms with Crippen LogP contribution in [0.25, 0.3) is 0 Å². The first-order valence-electron chi connectivity index (χ1n) is 7.77. The number of carbonyl (C=O) groups excluding carboxylic acids is 2. The van der Waals surface area contributed by atoms with E-state index in [0.29, 0.717) is 24.0 Å². The summed E-state index contributed by atoms with van der Waals surface area (Å²) in [5.41, 5.74) is 1.58. The predicted octanol–water partition coefficient (Wildman–Crippen LogP) is 2.19. The third kappa shape index (κ3) is 4.25. The van der Waals surface area contributed by atoms with Crippen molar-refractivity contribution < 1.29 is 14.3 Å². The number of Topliss-reactive ketones (excluding diaryl/α,β-unsaturated/α-hetero) is 1. The van der Waals surface area contributed by atoms with E-state index in [1.807, 2.05) is 18.2 Å². The Kier molecular flexibility index (Phi) is 5.34. The average Bonchev–Trinajstić information content (AvgIpc) is 3.05. The van der Waals surface area contributed by atoms with Gasteiger partial charge in [0.2, 0.25) is 0 Å². The van der Waals surface area contributed by atoms with E-state index in [4.69, 9.17) is 4.74 Å². The topological polar surface area (TPSA) is 71.5 Å². The van der Waals surface area contributed by atoms with Gasteiger partial charge in [-0.2, -0.15) is 0 Å². The number of carbonyl (C=O) groups is 2. The van der Waals surface area contributed by atoms with Crippen LogP contribution in [0.15, 0.2) is 35.7 Å². The molecule has 1 aliphatic rings. The normalized spacial score (nSPS) is 18.3. The second kappa shape index (κ2) is 7.65. The molecule has 0 bridgehead atoms. The molecular weight excluding hydrogens is 326 g/mol. The smallest absolute Gasteiger partial charge is 0.256 e. The number of nitrogens with one attached hydrogen (secondary N) is 1. The second-order valence-corrected chi connectivity index (χ2v) is 6.52. The van der Waals surface area contributed by atoms with Gasteiger partial charge in [0.15, 0.2) is 10.9 Å². The van der Waals surface area contributed by atoms with Crippen molar-refractivity contribution in [1.82, 2.24) is 9.88 Å². The highest BCUT2D eigenvalue weighted by atomic mass is 32.1. The number of hydrogen-bond acceptors (Lipinski definition) is 6. The quantitative estimate of drug-likeness (QED) is 0.841. The van der Waals surface area contributed by atoms with Crippen LogP contribution < -0.4 is 5.32 Å². The van der Waals surface area contributed by atoms with E-state index >= 15 is 0 Å². The van der Waals surface area contributed by atoms with Crippen molar-refractivity contribution in [2.75, 3.05) is 25.0 Å². The molecule has 0 saturated carbocycles. The summed E-state index contributed by atoms with van der Waals surface area (Å²) in [7, 11) is 0. The Hall–Kier alpha value is -2.09. The molecule has 2 aromatic rings. The molecule has 1 amide bonds. The largest absolute Gasteiger partial charge is 0.366 e. The molecule has 126 valence electrons. The van der Waals surface area contributed by atoms with E-state index in [1.54, 1.807) is 5.38 Å². The maximum Gasteiger partial charge on any atom is 0.256 e. The number of nitrogens with zero attached hydrogens (tertiary/aromatic N) is 2. The van der Waals surface area contributed by atoms with Crippen LogP contribution in [0.2, 0.25) is 0 Å². The van der Waals surface area contributed by atoms with Gasteiger partial charge in [0, 0.05) is 31.9 Å². The summed E-state index contributed by atoms with van der Waals surface area (Å²) >= 11 is 1.24. The van der Waals surface area contributed by atoms with Crippen molar-refractivity contribution in [3.63, 3.8) is 0 Å². The molecule has 0 radical (unpaired) electrons. The van der Waals surface area contributed by atoms with Gasteiger partial charge >= 0.3 is 0 Å². The molecule has 1 unspecified atom stereocenters. The first-order valence-corrected chi connectivity index (χ1v) is 8.65. The van der Waals surface area contributed by atoms with Gasteiger partial charge in [0.25, 0.3) is 5.91 Å². The van der Waals surface area contributed by atoms with Gasteiger partial charge < -0.3 is 4.74 Å². The van der Waals surface area contributed by atoms with Crippen LogP contribution in [0, 0.1) is 0 Å². The van der Waals surface area contributed by atoms with Crippen molar-refractivity contribution in [1.29, 1.82) is 0 Å². The van der Waals surface area contributed by atoms with Crippen molar-refractivity contribution in [2.24, 2.45) is 0 Å². The maximum atomic E-state index is 12.4. The monoisotopic (exact) mass is 345 g/mol. The fraction of sp³-hybridized carbons (Fsp3) is 0.353. The Labute approximate surface area is 144 Å². The van der Waals surface area contributed by atoms with Gasteiger partial charge in [-0.05, 0) is 5.56 Å². The third-order valence-electron chi connectivity index (χ3n) is 3.79. The third-order valence-corrected chi connectivity index (χ3v) is 4.54. The minimum Gasteiger partial charge on any atom is -0.366 e. The number of benzene rings is 1. The fourth-order valence-corrected chi connectivity index (χ4v) is 3.28. The summed E-state index contributed by atoms with van der Waals surface area (Å²) in [6.45, 7) is 4.09. The van der Waals surface area contributed by atoms with Crippen LogP contribution in [0.3, 0.4) is 0 Å². The molecule has 0 aliphatic carbocycles. The van der Waals surface area contributed by atoms with Gasteiger partial charge in [-0.15, -0.1) is 11.3 Å². The van der Waals surface area contributed by atoms with E-state index in [-0.39, 0.29) is 11.7 Å². The zero-order valence-electron chi connectivity index (χ0n) is 13.4. The molecule has 2 heterocycles. The lowest BCUT2D eigenvalue weighted by Crippen LogP contribution is -2.47. The Balaban J connectivity index is 1.57. The number of amides is 1. The van der Waals surface area contributed by atoms with Crippen LogP contribution in [0.5, 0.6) is 0 Å². The summed E-state index contributed by atoms with van der Waals surface area (Å²) in [5, 5.41) is 4.80. The molecule has 1 aliphatic heterocycles. The standard InChI is InChI=1S/C17H19N3O3S/c1-12(21)14-11-24-17(18-14)19-16(22)15-10-20(7-8-23-15)9-13-5-3-2-4-6-13/h2-6,11,15H,7-10H2,1H3,(H,18,19,22). The highest BCUT2D eigenvalue weighted by molar-refractivity contribution is 7.14. The Morgan fingerprint density at radius 1 is 1.38 bits per heavy atom. The highest BCUT2D eigenvalue weighted by Gasteiger charge is 2.27. The number of aromatic nitrogens is 1. The number of rotatable bonds is 5. The Bertz CT molecular complexity index is 717. The van der Waals surface area contributed by atoms with Gasteiger partial charge in [-0.3, -0.25) is 19.8 Å². The van der Waals surface area contributed by atoms with Gasteiger partial charge in [0.05, 0.1) is 6.61 Å². The molecule has 1 saturated heterocycles. The first kappa shape index (κ1) is 16.8. The van der Waals surface area contributed by atoms with Gasteiger partial charge in [-0.25, -0.2) is 4.98 Å². The molecule has 3 rings (SSSR count). The summed E-state index contributed by atoms with van der Waals surface area (Å²) < 4.78 is 5.59. The minimum atomic E-state index is -0.535. The molecule has 1 fully saturated rings. The van der Waals surface area contributed by atoms with Crippen LogP contribution in [0.4, 0.5) is 5.13 Å². The number of ketones is 1. The number of ether oxygens (including phenoxy) is 1. The number of thiazole rings is 1. The molecule has 7 heteroatoms. The molecule has 1 N–H and O–H groups in total. The van der Waals surface area contributed by atoms with Crippen LogP contribution in [0.1, 0.15) is 23.0 Å². The number of hydrogen-bond donors (Lipinski definition) is 1. The van der Waals surface area contributed by atoms with Crippen LogP contribution >= 0.6 is 11.3 Å². The highest BCUT2D eigenvalue weighted by Crippen LogP contribution is 2.17. The SMILES string of the molecule is CC(=O)c1csc(NC(=O)C2CN(Cc3ccccc3)CCO2)n1. The number of anilines is 1. The Morgan fingerprint density at radius 2 is 2.17 bits per heavy atom. The molecule has 1 aromatic heterocycles. The van der Waals surface area contributed by atoms with E-state index in [2.05, 4.69) is 27.3 Å². The summed E-state index contributed by atoms with van der Waals surface area (Å²) in [6.07, 6.45) is -0.535. The van der Waals surface area contributed by atoms with E-state index in [1.165, 1.54) is 23.8 Å². The fourth-order valence-electron chi connectivity index (χ4n) is 2.53. The zero-order valence-corrected chi connectivity index (χ0v) is 14.2. The van der Waals surface area contributed by atoms with Gasteiger partial charge in [0.1, 0.15) is 11.8 Å². The first-order chi connectivity index (χ1) is 11.6. The summed E-state index contributed by atoms with van der Waals surface area (Å²) in [5.74, 6) is -0.341. The van der Waals surface area contributed by atoms with Crippen LogP contribution in [-0.4, -0.2) is 47.4 Å². The number of morpholine rings is 1. The molecule has 6 nitrogen and oxygen atoms in total. The molecular formula is C17H19N3O3S. The lowest BCUT2D eigenvalue weighted by atomic mass is 10.2. The molecule has 0 spiro atoms. The lowest BCUT2D eigenvalue weighted by molar-refractivity contribution is -0.133. The van der Waals surface area contributed by atoms with Gasteiger partial charge in [-0.1, -0.05) is 30.3 Å². The van der Waals surface area contributed by atoms with E-state index in [9.17, 15) is 9.59 Å². The van der Waals surface area contributed by atoms with Crippen LogP contribution in [-0.2, 0) is 16.1 Å². The molecule has 1 aromatic carbocycles. The van der Waals surface area contributed by atoms with Crippen molar-refractivity contribution in [3.05, 3.63) is 47.0 Å². The molecule has 24 heavy (non-hydrogen) atoms. The second-order valence-electron chi connectivity index (χ2n) is 5.66. The predicted molar refractivity (Wildman–Crippen MR) is 92.2 cm³/mol. The summed E-state index contributed by atoms with van der Waals surface area (Å²) in [6, 6.07) is 10.2. The van der Waals surface area contributed by atoms with Crippen molar-refractivity contribution in [2.45, 2.75) is 19.6 Å². The zero-order chi connectivity index (χ0) is 16.9. The van der Waals surface area contributed by atoms with E-state index in [0.717, 1.165) is 13.1 Å². The van der Waals surface area contributed by atoms with Crippen molar-refractivity contribution in [3.8, 4) is 0 Å². The summed E-state index contributed by atoms with van der Waals surface area (Å²) in [4.78, 5) is 29.9. The average molecular weight is 345 g/mol. The molecule has 1 atom stereocenters. The lowest BCUT2D eigenvalue weighted by Gasteiger charge is -2.31.